The molecule has 0 spiro atoms. The van der Waals surface area contributed by atoms with Gasteiger partial charge in [0.2, 0.25) is 0 Å². The molecule has 0 aliphatic heterocycles. The Bertz CT molecular complexity index is 190. The van der Waals surface area contributed by atoms with Gasteiger partial charge in [0.25, 0.3) is 0 Å². The Morgan fingerprint density at radius 2 is 1.32 bits per heavy atom. The third-order valence-electron chi connectivity index (χ3n) is 3.43. The van der Waals surface area contributed by atoms with Crippen molar-refractivity contribution in [2.45, 2.75) is 97.1 Å². The van der Waals surface area contributed by atoms with Gasteiger partial charge in [-0.15, -0.1) is 0 Å². The van der Waals surface area contributed by atoms with Crippen molar-refractivity contribution in [3.05, 3.63) is 12.3 Å². The maximum absolute atomic E-state index is 8.98. The highest BCUT2D eigenvalue weighted by Crippen LogP contribution is 2.11. The number of aliphatic hydroxyl groups is 1. The van der Waals surface area contributed by atoms with E-state index in [0.29, 0.717) is 0 Å². The molecule has 0 rings (SSSR count). The predicted molar refractivity (Wildman–Crippen MR) is 85.0 cm³/mol. The van der Waals surface area contributed by atoms with Crippen molar-refractivity contribution in [1.82, 2.24) is 5.32 Å². The molecule has 2 heteroatoms. The lowest BCUT2D eigenvalue weighted by Crippen LogP contribution is -2.18. The molecule has 19 heavy (non-hydrogen) atoms. The second kappa shape index (κ2) is 15.6. The zero-order chi connectivity index (χ0) is 14.2. The number of allylic oxidation sites excluding steroid dienone is 1. The lowest BCUT2D eigenvalue weighted by molar-refractivity contribution is 0.173. The number of rotatable bonds is 14. The van der Waals surface area contributed by atoms with E-state index in [2.05, 4.69) is 18.3 Å². The molecule has 2 N–H and O–H groups in total. The van der Waals surface area contributed by atoms with E-state index in [9.17, 15) is 0 Å². The first-order valence-electron chi connectivity index (χ1n) is 8.36. The van der Waals surface area contributed by atoms with Gasteiger partial charge in [0.15, 0.2) is 0 Å². The van der Waals surface area contributed by atoms with Crippen molar-refractivity contribution in [1.29, 1.82) is 0 Å². The van der Waals surface area contributed by atoms with Gasteiger partial charge in [-0.25, -0.2) is 0 Å². The van der Waals surface area contributed by atoms with Crippen LogP contribution in [0.25, 0.3) is 0 Å². The molecule has 0 fully saturated rings. The Balaban J connectivity index is 3.01. The van der Waals surface area contributed by atoms with Crippen LogP contribution in [0.1, 0.15) is 90.9 Å². The first kappa shape index (κ1) is 18.5. The third-order valence-corrected chi connectivity index (χ3v) is 3.43. The monoisotopic (exact) mass is 269 g/mol. The van der Waals surface area contributed by atoms with Gasteiger partial charge in [-0.2, -0.15) is 0 Å². The highest BCUT2D eigenvalue weighted by atomic mass is 16.3. The maximum atomic E-state index is 8.98. The summed E-state index contributed by atoms with van der Waals surface area (Å²) in [5.41, 5.74) is 0. The van der Waals surface area contributed by atoms with Crippen molar-refractivity contribution >= 4 is 0 Å². The summed E-state index contributed by atoms with van der Waals surface area (Å²) >= 11 is 0. The molecular weight excluding hydrogens is 234 g/mol. The van der Waals surface area contributed by atoms with Crippen LogP contribution < -0.4 is 5.32 Å². The second-order valence-electron chi connectivity index (χ2n) is 5.57. The molecule has 0 radical (unpaired) electrons. The van der Waals surface area contributed by atoms with Gasteiger partial charge in [-0.3, -0.25) is 0 Å². The Morgan fingerprint density at radius 1 is 0.842 bits per heavy atom. The normalized spacial score (nSPS) is 13.0. The summed E-state index contributed by atoms with van der Waals surface area (Å²) < 4.78 is 0. The van der Waals surface area contributed by atoms with Crippen LogP contribution >= 0.6 is 0 Å². The smallest absolute Gasteiger partial charge is 0.121 e. The molecule has 1 unspecified atom stereocenters. The van der Waals surface area contributed by atoms with Crippen LogP contribution in [0.4, 0.5) is 0 Å². The Hall–Kier alpha value is -0.500. The van der Waals surface area contributed by atoms with Crippen LogP contribution in [-0.4, -0.2) is 11.3 Å². The minimum Gasteiger partial charge on any atom is -0.374 e. The van der Waals surface area contributed by atoms with Gasteiger partial charge in [0.05, 0.1) is 0 Å². The highest BCUT2D eigenvalue weighted by molar-refractivity contribution is 4.79. The van der Waals surface area contributed by atoms with E-state index in [0.717, 1.165) is 6.42 Å². The topological polar surface area (TPSA) is 32.3 Å². The van der Waals surface area contributed by atoms with Gasteiger partial charge in [-0.05, 0) is 26.0 Å². The average molecular weight is 269 g/mol. The molecule has 1 atom stereocenters. The standard InChI is InChI=1S/C17H35NO/c1-3-4-5-6-7-8-9-10-11-12-13-14-15-16-18-17(2)19/h15-19H,3-14H2,1-2H3. The largest absolute Gasteiger partial charge is 0.374 e. The maximum Gasteiger partial charge on any atom is 0.121 e. The number of aliphatic hydroxyl groups excluding tert-OH is 1. The van der Waals surface area contributed by atoms with Crippen LogP contribution in [0.5, 0.6) is 0 Å². The minimum absolute atomic E-state index is 0.437. The number of unbranched alkanes of at least 4 members (excludes halogenated alkanes) is 11. The number of hydrogen-bond donors (Lipinski definition) is 2. The summed E-state index contributed by atoms with van der Waals surface area (Å²) in [6.45, 7) is 4.00. The van der Waals surface area contributed by atoms with E-state index < -0.39 is 6.23 Å². The quantitative estimate of drug-likeness (QED) is 0.338. The fourth-order valence-corrected chi connectivity index (χ4v) is 2.22. The highest BCUT2D eigenvalue weighted by Gasteiger charge is 1.92. The summed E-state index contributed by atoms with van der Waals surface area (Å²) in [5.74, 6) is 0. The first-order chi connectivity index (χ1) is 9.27. The Morgan fingerprint density at radius 3 is 1.79 bits per heavy atom. The second-order valence-corrected chi connectivity index (χ2v) is 5.57. The van der Waals surface area contributed by atoms with Crippen LogP contribution in [0.2, 0.25) is 0 Å². The molecule has 0 aromatic rings. The zero-order valence-electron chi connectivity index (χ0n) is 13.2. The van der Waals surface area contributed by atoms with Crippen molar-refractivity contribution < 1.29 is 5.11 Å². The summed E-state index contributed by atoms with van der Waals surface area (Å²) in [5, 5.41) is 11.8. The molecule has 0 bridgehead atoms. The molecule has 0 saturated carbocycles. The zero-order valence-corrected chi connectivity index (χ0v) is 13.2. The summed E-state index contributed by atoms with van der Waals surface area (Å²) in [7, 11) is 0. The SMILES string of the molecule is CCCCCCCCCCCCCC=CNC(C)O. The molecule has 0 saturated heterocycles. The molecule has 114 valence electrons. The average Bonchev–Trinajstić information content (AvgIpc) is 2.39. The third kappa shape index (κ3) is 17.5. The van der Waals surface area contributed by atoms with Crippen molar-refractivity contribution in [3.8, 4) is 0 Å². The van der Waals surface area contributed by atoms with E-state index in [4.69, 9.17) is 5.11 Å². The van der Waals surface area contributed by atoms with Crippen molar-refractivity contribution in [3.63, 3.8) is 0 Å². The Kier molecular flexibility index (Phi) is 15.1. The molecule has 0 aliphatic carbocycles. The van der Waals surface area contributed by atoms with Crippen LogP contribution in [0.15, 0.2) is 12.3 Å². The summed E-state index contributed by atoms with van der Waals surface area (Å²) in [4.78, 5) is 0. The van der Waals surface area contributed by atoms with Crippen molar-refractivity contribution in [2.24, 2.45) is 0 Å². The minimum atomic E-state index is -0.437. The lowest BCUT2D eigenvalue weighted by Gasteiger charge is -2.02. The molecule has 2 nitrogen and oxygen atoms in total. The molecular formula is C17H35NO. The molecule has 0 amide bonds. The van der Waals surface area contributed by atoms with Crippen molar-refractivity contribution in [2.75, 3.05) is 0 Å². The Labute approximate surface area is 120 Å². The van der Waals surface area contributed by atoms with Crippen LogP contribution in [0.3, 0.4) is 0 Å². The van der Waals surface area contributed by atoms with E-state index in [1.165, 1.54) is 70.6 Å². The van der Waals surface area contributed by atoms with Crippen LogP contribution in [0, 0.1) is 0 Å². The van der Waals surface area contributed by atoms with E-state index in [-0.39, 0.29) is 0 Å². The summed E-state index contributed by atoms with van der Waals surface area (Å²) in [6.07, 6.45) is 20.0. The molecule has 0 aliphatic rings. The van der Waals surface area contributed by atoms with Gasteiger partial charge < -0.3 is 10.4 Å². The van der Waals surface area contributed by atoms with Gasteiger partial charge in [-0.1, -0.05) is 77.2 Å². The van der Waals surface area contributed by atoms with E-state index in [1.807, 2.05) is 6.20 Å². The first-order valence-corrected chi connectivity index (χ1v) is 8.36. The molecule has 0 aromatic heterocycles. The van der Waals surface area contributed by atoms with Crippen LogP contribution in [-0.2, 0) is 0 Å². The van der Waals surface area contributed by atoms with E-state index >= 15 is 0 Å². The fraction of sp³-hybridized carbons (Fsp3) is 0.882. The van der Waals surface area contributed by atoms with Gasteiger partial charge in [0, 0.05) is 0 Å². The summed E-state index contributed by atoms with van der Waals surface area (Å²) in [6, 6.07) is 0. The fourth-order valence-electron chi connectivity index (χ4n) is 2.22. The van der Waals surface area contributed by atoms with Gasteiger partial charge >= 0.3 is 0 Å². The molecule has 0 heterocycles. The predicted octanol–water partition coefficient (Wildman–Crippen LogP) is 5.13. The number of hydrogen-bond acceptors (Lipinski definition) is 2. The van der Waals surface area contributed by atoms with E-state index in [1.54, 1.807) is 6.92 Å². The lowest BCUT2D eigenvalue weighted by atomic mass is 10.1. The number of nitrogens with one attached hydrogen (secondary N) is 1. The van der Waals surface area contributed by atoms with Gasteiger partial charge in [0.1, 0.15) is 6.23 Å². The molecule has 0 aromatic carbocycles.